The van der Waals surface area contributed by atoms with Gasteiger partial charge in [-0.25, -0.2) is 0 Å². The Morgan fingerprint density at radius 3 is 2.19 bits per heavy atom. The van der Waals surface area contributed by atoms with Crippen LogP contribution < -0.4 is 0 Å². The second-order valence-electron chi connectivity index (χ2n) is 3.29. The number of rotatable bonds is 6. The third-order valence-corrected chi connectivity index (χ3v) is 1.91. The Morgan fingerprint density at radius 2 is 1.81 bits per heavy atom. The first-order valence-corrected chi connectivity index (χ1v) is 4.87. The lowest BCUT2D eigenvalue weighted by Crippen LogP contribution is -2.42. The van der Waals surface area contributed by atoms with Crippen molar-refractivity contribution in [2.75, 3.05) is 13.1 Å². The fourth-order valence-corrected chi connectivity index (χ4v) is 1.07. The molecule has 0 aromatic rings. The molecule has 0 spiro atoms. The van der Waals surface area contributed by atoms with E-state index in [1.807, 2.05) is 0 Å². The molecule has 0 aromatic heterocycles. The molecule has 0 aromatic carbocycles. The molecule has 1 N–H and O–H groups in total. The smallest absolute Gasteiger partial charge is 0.471 e. The Kier molecular flexibility index (Phi) is 5.84. The molecule has 0 bridgehead atoms. The Hall–Kier alpha value is -1.27. The largest absolute Gasteiger partial charge is 0.481 e. The maximum atomic E-state index is 12.1. The molecule has 0 aliphatic rings. The molecule has 0 radical (unpaired) electrons. The molecule has 0 aliphatic heterocycles. The summed E-state index contributed by atoms with van der Waals surface area (Å²) in [6, 6.07) is 0. The van der Waals surface area contributed by atoms with Gasteiger partial charge in [0.25, 0.3) is 0 Å². The normalized spacial score (nSPS) is 11.2. The van der Waals surface area contributed by atoms with Crippen molar-refractivity contribution in [1.29, 1.82) is 0 Å². The van der Waals surface area contributed by atoms with Crippen LogP contribution in [0.4, 0.5) is 13.2 Å². The molecule has 0 rings (SSSR count). The first-order chi connectivity index (χ1) is 7.29. The van der Waals surface area contributed by atoms with Crippen molar-refractivity contribution in [3.63, 3.8) is 0 Å². The molecule has 0 aliphatic carbocycles. The van der Waals surface area contributed by atoms with Gasteiger partial charge in [-0.15, -0.1) is 0 Å². The van der Waals surface area contributed by atoms with E-state index in [4.69, 9.17) is 5.11 Å². The molecule has 0 atom stereocenters. The number of hydrogen-bond acceptors (Lipinski definition) is 2. The molecule has 1 amide bonds. The van der Waals surface area contributed by atoms with Gasteiger partial charge in [0, 0.05) is 13.1 Å². The summed E-state index contributed by atoms with van der Waals surface area (Å²) in [6.07, 6.45) is -4.37. The molecule has 0 saturated heterocycles. The van der Waals surface area contributed by atoms with Crippen molar-refractivity contribution in [2.24, 2.45) is 0 Å². The van der Waals surface area contributed by atoms with E-state index in [9.17, 15) is 22.8 Å². The summed E-state index contributed by atoms with van der Waals surface area (Å²) in [7, 11) is 0. The lowest BCUT2D eigenvalue weighted by atomic mass is 10.3. The molecule has 94 valence electrons. The second kappa shape index (κ2) is 6.34. The predicted molar refractivity (Wildman–Crippen MR) is 49.8 cm³/mol. The summed E-state index contributed by atoms with van der Waals surface area (Å²) >= 11 is 0. The van der Waals surface area contributed by atoms with Crippen LogP contribution in [-0.2, 0) is 9.59 Å². The third-order valence-electron chi connectivity index (χ3n) is 1.91. The fraction of sp³-hybridized carbons (Fsp3) is 0.778. The number of aliphatic carboxylic acids is 1. The molecule has 4 nitrogen and oxygen atoms in total. The topological polar surface area (TPSA) is 57.6 Å². The van der Waals surface area contributed by atoms with E-state index in [0.29, 0.717) is 17.7 Å². The maximum Gasteiger partial charge on any atom is 0.471 e. The van der Waals surface area contributed by atoms with Gasteiger partial charge in [-0.3, -0.25) is 9.59 Å². The highest BCUT2D eigenvalue weighted by Crippen LogP contribution is 2.19. The van der Waals surface area contributed by atoms with Crippen molar-refractivity contribution in [2.45, 2.75) is 32.4 Å². The monoisotopic (exact) mass is 241 g/mol. The van der Waals surface area contributed by atoms with Gasteiger partial charge < -0.3 is 10.0 Å². The standard InChI is InChI=1S/C9H14F3NO3/c1-2-3-5-13(6-4-7(14)15)8(16)9(10,11)12/h2-6H2,1H3,(H,14,15). The van der Waals surface area contributed by atoms with Crippen molar-refractivity contribution in [3.05, 3.63) is 0 Å². The molecule has 0 fully saturated rings. The van der Waals surface area contributed by atoms with Crippen LogP contribution in [0.1, 0.15) is 26.2 Å². The lowest BCUT2D eigenvalue weighted by molar-refractivity contribution is -0.185. The van der Waals surface area contributed by atoms with Crippen LogP contribution in [-0.4, -0.2) is 41.1 Å². The average molecular weight is 241 g/mol. The van der Waals surface area contributed by atoms with E-state index in [0.717, 1.165) is 0 Å². The SMILES string of the molecule is CCCCN(CCC(=O)O)C(=O)C(F)(F)F. The van der Waals surface area contributed by atoms with Crippen LogP contribution >= 0.6 is 0 Å². The van der Waals surface area contributed by atoms with Crippen LogP contribution in [0.5, 0.6) is 0 Å². The van der Waals surface area contributed by atoms with Crippen LogP contribution in [0, 0.1) is 0 Å². The molecule has 0 heterocycles. The number of unbranched alkanes of at least 4 members (excludes halogenated alkanes) is 1. The number of carbonyl (C=O) groups is 2. The first kappa shape index (κ1) is 14.7. The van der Waals surface area contributed by atoms with Crippen molar-refractivity contribution >= 4 is 11.9 Å². The number of carboxylic acids is 1. The van der Waals surface area contributed by atoms with Crippen LogP contribution in [0.3, 0.4) is 0 Å². The fourth-order valence-electron chi connectivity index (χ4n) is 1.07. The highest BCUT2D eigenvalue weighted by molar-refractivity contribution is 5.82. The van der Waals surface area contributed by atoms with E-state index in [-0.39, 0.29) is 6.54 Å². The van der Waals surface area contributed by atoms with E-state index in [1.54, 1.807) is 6.92 Å². The minimum atomic E-state index is -4.94. The van der Waals surface area contributed by atoms with Crippen molar-refractivity contribution in [1.82, 2.24) is 4.90 Å². The number of hydrogen-bond donors (Lipinski definition) is 1. The molecule has 0 saturated carbocycles. The highest BCUT2D eigenvalue weighted by Gasteiger charge is 2.42. The average Bonchev–Trinajstić information content (AvgIpc) is 2.15. The van der Waals surface area contributed by atoms with Gasteiger partial charge in [0.15, 0.2) is 0 Å². The Bertz CT molecular complexity index is 253. The Labute approximate surface area is 91.0 Å². The summed E-state index contributed by atoms with van der Waals surface area (Å²) < 4.78 is 36.3. The quantitative estimate of drug-likeness (QED) is 0.769. The van der Waals surface area contributed by atoms with Gasteiger partial charge in [0.1, 0.15) is 0 Å². The van der Waals surface area contributed by atoms with E-state index < -0.39 is 31.0 Å². The lowest BCUT2D eigenvalue weighted by Gasteiger charge is -2.22. The number of nitrogens with zero attached hydrogens (tertiary/aromatic N) is 1. The van der Waals surface area contributed by atoms with Crippen LogP contribution in [0.2, 0.25) is 0 Å². The minimum absolute atomic E-state index is 0.0673. The van der Waals surface area contributed by atoms with E-state index >= 15 is 0 Å². The Balaban J connectivity index is 4.41. The molecular weight excluding hydrogens is 227 g/mol. The van der Waals surface area contributed by atoms with Gasteiger partial charge in [-0.1, -0.05) is 13.3 Å². The number of amides is 1. The summed E-state index contributed by atoms with van der Waals surface area (Å²) in [6.45, 7) is 1.29. The molecule has 7 heteroatoms. The number of halogens is 3. The van der Waals surface area contributed by atoms with Crippen LogP contribution in [0.15, 0.2) is 0 Å². The number of alkyl halides is 3. The zero-order valence-electron chi connectivity index (χ0n) is 8.88. The molecule has 0 unspecified atom stereocenters. The van der Waals surface area contributed by atoms with Gasteiger partial charge in [-0.05, 0) is 6.42 Å². The zero-order valence-corrected chi connectivity index (χ0v) is 8.88. The van der Waals surface area contributed by atoms with Gasteiger partial charge >= 0.3 is 18.1 Å². The first-order valence-electron chi connectivity index (χ1n) is 4.87. The summed E-state index contributed by atoms with van der Waals surface area (Å²) in [5.41, 5.74) is 0. The Morgan fingerprint density at radius 1 is 1.25 bits per heavy atom. The zero-order chi connectivity index (χ0) is 12.8. The van der Waals surface area contributed by atoms with Crippen LogP contribution in [0.25, 0.3) is 0 Å². The van der Waals surface area contributed by atoms with Gasteiger partial charge in [-0.2, -0.15) is 13.2 Å². The van der Waals surface area contributed by atoms with E-state index in [2.05, 4.69) is 0 Å². The minimum Gasteiger partial charge on any atom is -0.481 e. The van der Waals surface area contributed by atoms with Gasteiger partial charge in [0.05, 0.1) is 6.42 Å². The van der Waals surface area contributed by atoms with Gasteiger partial charge in [0.2, 0.25) is 0 Å². The third kappa shape index (κ3) is 5.57. The molecular formula is C9H14F3NO3. The maximum absolute atomic E-state index is 12.1. The summed E-state index contributed by atoms with van der Waals surface area (Å²) in [4.78, 5) is 21.7. The van der Waals surface area contributed by atoms with Crippen molar-refractivity contribution < 1.29 is 27.9 Å². The van der Waals surface area contributed by atoms with E-state index in [1.165, 1.54) is 0 Å². The highest BCUT2D eigenvalue weighted by atomic mass is 19.4. The number of carboxylic acid groups (broad SMARTS) is 1. The summed E-state index contributed by atoms with van der Waals surface area (Å²) in [5.74, 6) is -3.20. The second-order valence-corrected chi connectivity index (χ2v) is 3.29. The summed E-state index contributed by atoms with van der Waals surface area (Å²) in [5, 5.41) is 8.35. The predicted octanol–water partition coefficient (Wildman–Crippen LogP) is 1.65. The molecule has 16 heavy (non-hydrogen) atoms. The number of carbonyl (C=O) groups excluding carboxylic acids is 1. The van der Waals surface area contributed by atoms with Crippen molar-refractivity contribution in [3.8, 4) is 0 Å².